The Morgan fingerprint density at radius 3 is 1.39 bits per heavy atom. The summed E-state index contributed by atoms with van der Waals surface area (Å²) < 4.78 is 12.4. The molecule has 0 N–H and O–H groups in total. The number of hydrogen-bond acceptors (Lipinski definition) is 4. The lowest BCUT2D eigenvalue weighted by Gasteiger charge is -2.17. The highest BCUT2D eigenvalue weighted by atomic mass is 79.9. The van der Waals surface area contributed by atoms with Gasteiger partial charge in [-0.15, -0.1) is 0 Å². The lowest BCUT2D eigenvalue weighted by atomic mass is 9.98. The molecule has 0 saturated carbocycles. The van der Waals surface area contributed by atoms with Gasteiger partial charge in [0.05, 0.1) is 8.95 Å². The second-order valence-electron chi connectivity index (χ2n) is 9.08. The fourth-order valence-electron chi connectivity index (χ4n) is 3.84. The van der Waals surface area contributed by atoms with Crippen molar-refractivity contribution in [3.63, 3.8) is 0 Å². The summed E-state index contributed by atoms with van der Waals surface area (Å²) in [7, 11) is 0. The largest absolute Gasteiger partial charge is 0.425 e. The first kappa shape index (κ1) is 31.7. The molecule has 0 radical (unpaired) electrons. The van der Waals surface area contributed by atoms with Gasteiger partial charge in [-0.05, 0) is 69.0 Å². The van der Waals surface area contributed by atoms with Crippen molar-refractivity contribution in [2.24, 2.45) is 0 Å². The molecule has 2 aromatic carbocycles. The molecular weight excluding hydrogens is 608 g/mol. The van der Waals surface area contributed by atoms with E-state index < -0.39 is 11.9 Å². The van der Waals surface area contributed by atoms with E-state index in [1.54, 1.807) is 0 Å². The van der Waals surface area contributed by atoms with Crippen LogP contribution in [-0.4, -0.2) is 11.9 Å². The summed E-state index contributed by atoms with van der Waals surface area (Å²) in [5.41, 5.74) is 2.67. The second kappa shape index (κ2) is 17.1. The van der Waals surface area contributed by atoms with Crippen LogP contribution in [0, 0.1) is 23.7 Å². The predicted octanol–water partition coefficient (Wildman–Crippen LogP) is 9.37. The van der Waals surface area contributed by atoms with Crippen LogP contribution in [0.1, 0.15) is 103 Å². The molecule has 0 amide bonds. The normalized spacial score (nSPS) is 10.2. The quantitative estimate of drug-likeness (QED) is 0.106. The first-order chi connectivity index (χ1) is 18.3. The smallest absolute Gasteiger partial charge is 0.308 e. The Labute approximate surface area is 244 Å². The Balaban J connectivity index is 2.59. The van der Waals surface area contributed by atoms with E-state index in [2.05, 4.69) is 69.4 Å². The molecule has 0 aromatic heterocycles. The number of hydrogen-bond donors (Lipinski definition) is 0. The van der Waals surface area contributed by atoms with Crippen molar-refractivity contribution in [2.45, 2.75) is 91.9 Å². The summed E-state index contributed by atoms with van der Waals surface area (Å²) in [5.74, 6) is 12.7. The van der Waals surface area contributed by atoms with Crippen LogP contribution in [-0.2, 0) is 9.59 Å². The van der Waals surface area contributed by atoms with Gasteiger partial charge in [-0.25, -0.2) is 0 Å². The molecule has 0 aliphatic heterocycles. The first-order valence-electron chi connectivity index (χ1n) is 13.3. The van der Waals surface area contributed by atoms with Gasteiger partial charge < -0.3 is 9.47 Å². The highest BCUT2D eigenvalue weighted by molar-refractivity contribution is 9.11. The summed E-state index contributed by atoms with van der Waals surface area (Å²) in [6.45, 7) is 7.07. The average Bonchev–Trinajstić information content (AvgIpc) is 2.86. The maximum atomic E-state index is 12.0. The van der Waals surface area contributed by atoms with Gasteiger partial charge in [-0.1, -0.05) is 76.1 Å². The maximum Gasteiger partial charge on any atom is 0.308 e. The van der Waals surface area contributed by atoms with E-state index in [1.165, 1.54) is 39.5 Å². The standard InChI is InChI=1S/C32H36Br2O4/c1-5-7-9-11-13-15-17-25-19-27(31(29(33)21-25)37-23(3)35)28-20-26(18-16-14-12-10-8-6-2)22-30(34)32(28)38-24(4)36/h19-22H,5-14H2,1-4H3. The summed E-state index contributed by atoms with van der Waals surface area (Å²) in [6.07, 6.45) is 10.9. The molecule has 202 valence electrons. The molecular formula is C32H36Br2O4. The number of halogens is 2. The Kier molecular flexibility index (Phi) is 14.3. The van der Waals surface area contributed by atoms with Crippen LogP contribution < -0.4 is 9.47 Å². The molecule has 2 rings (SSSR count). The second-order valence-corrected chi connectivity index (χ2v) is 10.8. The van der Waals surface area contributed by atoms with E-state index in [0.717, 1.165) is 49.7 Å². The highest BCUT2D eigenvalue weighted by Crippen LogP contribution is 2.45. The van der Waals surface area contributed by atoms with Gasteiger partial charge in [0.15, 0.2) is 11.5 Å². The zero-order valence-corrected chi connectivity index (χ0v) is 25.9. The minimum Gasteiger partial charge on any atom is -0.425 e. The van der Waals surface area contributed by atoms with Crippen molar-refractivity contribution >= 4 is 43.8 Å². The molecule has 0 fully saturated rings. The van der Waals surface area contributed by atoms with Gasteiger partial charge in [0.2, 0.25) is 0 Å². The van der Waals surface area contributed by atoms with Crippen LogP contribution in [0.25, 0.3) is 11.1 Å². The number of ether oxygens (including phenoxy) is 2. The number of carbonyl (C=O) groups is 2. The van der Waals surface area contributed by atoms with Crippen molar-refractivity contribution in [1.82, 2.24) is 0 Å². The van der Waals surface area contributed by atoms with Crippen molar-refractivity contribution in [2.75, 3.05) is 0 Å². The van der Waals surface area contributed by atoms with E-state index in [1.807, 2.05) is 24.3 Å². The molecule has 6 heteroatoms. The Hall–Kier alpha value is -2.54. The van der Waals surface area contributed by atoms with Crippen molar-refractivity contribution in [3.8, 4) is 46.3 Å². The fraction of sp³-hybridized carbons (Fsp3) is 0.438. The van der Waals surface area contributed by atoms with Crippen LogP contribution >= 0.6 is 31.9 Å². The molecule has 38 heavy (non-hydrogen) atoms. The molecule has 0 aliphatic rings. The SMILES string of the molecule is CCCCCCC#Cc1cc(Br)c(OC(C)=O)c(-c2cc(C#CCCCCCC)cc(Br)c2OC(C)=O)c1. The fourth-order valence-corrected chi connectivity index (χ4v) is 4.92. The van der Waals surface area contributed by atoms with Crippen molar-refractivity contribution < 1.29 is 19.1 Å². The molecule has 0 spiro atoms. The highest BCUT2D eigenvalue weighted by Gasteiger charge is 2.21. The van der Waals surface area contributed by atoms with Crippen LogP contribution in [0.5, 0.6) is 11.5 Å². The molecule has 0 unspecified atom stereocenters. The molecule has 0 aliphatic carbocycles. The summed E-state index contributed by atoms with van der Waals surface area (Å²) in [6, 6.07) is 7.39. The van der Waals surface area contributed by atoms with Crippen LogP contribution in [0.3, 0.4) is 0 Å². The lowest BCUT2D eigenvalue weighted by molar-refractivity contribution is -0.133. The molecule has 0 bridgehead atoms. The number of carbonyl (C=O) groups excluding carboxylic acids is 2. The van der Waals surface area contributed by atoms with E-state index in [4.69, 9.17) is 9.47 Å². The topological polar surface area (TPSA) is 52.6 Å². The number of unbranched alkanes of at least 4 members (excludes halogenated alkanes) is 8. The first-order valence-corrected chi connectivity index (χ1v) is 14.9. The third-order valence-electron chi connectivity index (χ3n) is 5.65. The number of esters is 2. The zero-order chi connectivity index (χ0) is 27.9. The maximum absolute atomic E-state index is 12.0. The Morgan fingerprint density at radius 2 is 1.05 bits per heavy atom. The van der Waals surface area contributed by atoms with Gasteiger partial charge in [0.1, 0.15) is 0 Å². The summed E-state index contributed by atoms with van der Waals surface area (Å²) in [4.78, 5) is 24.0. The monoisotopic (exact) mass is 642 g/mol. The van der Waals surface area contributed by atoms with Crippen LogP contribution in [0.2, 0.25) is 0 Å². The molecule has 0 saturated heterocycles. The van der Waals surface area contributed by atoms with Crippen molar-refractivity contribution in [1.29, 1.82) is 0 Å². The third kappa shape index (κ3) is 10.7. The number of rotatable bonds is 11. The Morgan fingerprint density at radius 1 is 0.658 bits per heavy atom. The summed E-state index contributed by atoms with van der Waals surface area (Å²) in [5, 5.41) is 0. The third-order valence-corrected chi connectivity index (χ3v) is 6.82. The molecule has 2 aromatic rings. The van der Waals surface area contributed by atoms with Gasteiger partial charge in [0.25, 0.3) is 0 Å². The van der Waals surface area contributed by atoms with E-state index in [-0.39, 0.29) is 0 Å². The van der Waals surface area contributed by atoms with Gasteiger partial charge in [0, 0.05) is 48.9 Å². The minimum atomic E-state index is -0.460. The van der Waals surface area contributed by atoms with E-state index in [9.17, 15) is 9.59 Å². The minimum absolute atomic E-state index is 0.330. The zero-order valence-electron chi connectivity index (χ0n) is 22.8. The summed E-state index contributed by atoms with van der Waals surface area (Å²) >= 11 is 7.12. The molecule has 0 atom stereocenters. The van der Waals surface area contributed by atoms with E-state index >= 15 is 0 Å². The lowest BCUT2D eigenvalue weighted by Crippen LogP contribution is -2.07. The van der Waals surface area contributed by atoms with Crippen LogP contribution in [0.15, 0.2) is 33.2 Å². The van der Waals surface area contributed by atoms with Crippen molar-refractivity contribution in [3.05, 3.63) is 44.3 Å². The predicted molar refractivity (Wildman–Crippen MR) is 161 cm³/mol. The van der Waals surface area contributed by atoms with Gasteiger partial charge in [-0.3, -0.25) is 9.59 Å². The average molecular weight is 644 g/mol. The molecule has 4 nitrogen and oxygen atoms in total. The Bertz CT molecular complexity index is 1140. The van der Waals surface area contributed by atoms with Crippen LogP contribution in [0.4, 0.5) is 0 Å². The van der Waals surface area contributed by atoms with Gasteiger partial charge >= 0.3 is 11.9 Å². The molecule has 0 heterocycles. The van der Waals surface area contributed by atoms with E-state index in [0.29, 0.717) is 31.6 Å². The van der Waals surface area contributed by atoms with Gasteiger partial charge in [-0.2, -0.15) is 0 Å². The number of benzene rings is 2.